The highest BCUT2D eigenvalue weighted by Crippen LogP contribution is 2.40. The molecule has 2 aromatic heterocycles. The number of rotatable bonds is 3. The van der Waals surface area contributed by atoms with Crippen molar-refractivity contribution in [2.45, 2.75) is 39.5 Å². The highest BCUT2D eigenvalue weighted by molar-refractivity contribution is 6.14. The van der Waals surface area contributed by atoms with Gasteiger partial charge < -0.3 is 5.11 Å². The van der Waals surface area contributed by atoms with E-state index in [9.17, 15) is 5.11 Å². The maximum Gasteiger partial charge on any atom is 0.146 e. The number of aromatic nitrogens is 2. The summed E-state index contributed by atoms with van der Waals surface area (Å²) in [5, 5.41) is 13.5. The summed E-state index contributed by atoms with van der Waals surface area (Å²) in [7, 11) is 0. The van der Waals surface area contributed by atoms with Gasteiger partial charge in [-0.1, -0.05) is 70.2 Å². The van der Waals surface area contributed by atoms with Gasteiger partial charge in [0.2, 0.25) is 0 Å². The van der Waals surface area contributed by atoms with Crippen molar-refractivity contribution < 1.29 is 5.11 Å². The molecule has 0 unspecified atom stereocenters. The van der Waals surface area contributed by atoms with Crippen molar-refractivity contribution >= 4 is 38.4 Å². The van der Waals surface area contributed by atoms with Crippen LogP contribution < -0.4 is 0 Å². The Morgan fingerprint density at radius 3 is 2.12 bits per heavy atom. The van der Waals surface area contributed by atoms with Crippen LogP contribution in [-0.4, -0.2) is 14.5 Å². The van der Waals surface area contributed by atoms with Crippen LogP contribution in [0, 0.1) is 0 Å². The van der Waals surface area contributed by atoms with Crippen molar-refractivity contribution in [3.8, 4) is 16.9 Å². The summed E-state index contributed by atoms with van der Waals surface area (Å²) in [5.41, 5.74) is 9.37. The maximum absolute atomic E-state index is 10.3. The molecule has 6 rings (SSSR count). The van der Waals surface area contributed by atoms with Crippen LogP contribution in [0.1, 0.15) is 50.7 Å². The van der Waals surface area contributed by atoms with Crippen LogP contribution in [-0.2, 0) is 0 Å². The molecule has 2 heterocycles. The largest absolute Gasteiger partial charge is 0.508 e. The van der Waals surface area contributed by atoms with E-state index in [0.717, 1.165) is 38.4 Å². The Morgan fingerprint density at radius 2 is 1.38 bits per heavy atom. The van der Waals surface area contributed by atoms with Crippen LogP contribution in [0.25, 0.3) is 49.5 Å². The minimum atomic E-state index is 0.255. The third-order valence-corrected chi connectivity index (χ3v) is 7.00. The van der Waals surface area contributed by atoms with Gasteiger partial charge in [-0.3, -0.25) is 4.40 Å². The van der Waals surface area contributed by atoms with Crippen LogP contribution >= 0.6 is 0 Å². The van der Waals surface area contributed by atoms with E-state index in [-0.39, 0.29) is 5.75 Å². The smallest absolute Gasteiger partial charge is 0.146 e. The van der Waals surface area contributed by atoms with Crippen molar-refractivity contribution in [3.63, 3.8) is 0 Å². The molecule has 4 aromatic carbocycles. The normalized spacial score (nSPS) is 12.2. The fourth-order valence-corrected chi connectivity index (χ4v) is 5.39. The van der Waals surface area contributed by atoms with E-state index in [1.165, 1.54) is 22.3 Å². The number of para-hydroxylation sites is 2. The summed E-state index contributed by atoms with van der Waals surface area (Å²) in [6, 6.07) is 27.4. The van der Waals surface area contributed by atoms with Crippen LogP contribution in [0.15, 0.2) is 78.9 Å². The second kappa shape index (κ2) is 7.59. The lowest BCUT2D eigenvalue weighted by molar-refractivity contribution is 0.476. The fourth-order valence-electron chi connectivity index (χ4n) is 5.39. The average molecular weight is 445 g/mol. The van der Waals surface area contributed by atoms with Crippen LogP contribution in [0.5, 0.6) is 5.75 Å². The molecule has 0 aliphatic heterocycles. The summed E-state index contributed by atoms with van der Waals surface area (Å²) < 4.78 is 2.25. The first kappa shape index (κ1) is 20.7. The fraction of sp³-hybridized carbons (Fsp3) is 0.194. The Morgan fingerprint density at radius 1 is 0.676 bits per heavy atom. The van der Waals surface area contributed by atoms with Crippen molar-refractivity contribution in [1.82, 2.24) is 9.38 Å². The predicted octanol–water partition coefficient (Wildman–Crippen LogP) is 8.41. The molecule has 3 nitrogen and oxygen atoms in total. The van der Waals surface area contributed by atoms with Gasteiger partial charge >= 0.3 is 0 Å². The molecule has 6 aromatic rings. The van der Waals surface area contributed by atoms with Gasteiger partial charge in [0.25, 0.3) is 0 Å². The van der Waals surface area contributed by atoms with E-state index < -0.39 is 0 Å². The molecule has 1 N–H and O–H groups in total. The van der Waals surface area contributed by atoms with E-state index in [0.29, 0.717) is 11.8 Å². The molecule has 0 amide bonds. The van der Waals surface area contributed by atoms with Gasteiger partial charge in [-0.25, -0.2) is 4.98 Å². The van der Waals surface area contributed by atoms with Gasteiger partial charge in [0.1, 0.15) is 11.4 Å². The molecule has 0 aliphatic carbocycles. The molecule has 0 spiro atoms. The second-order valence-electron chi connectivity index (χ2n) is 9.84. The van der Waals surface area contributed by atoms with Gasteiger partial charge in [-0.05, 0) is 75.9 Å². The van der Waals surface area contributed by atoms with Crippen LogP contribution in [0.4, 0.5) is 0 Å². The SMILES string of the molecule is CC(C)c1cccc(C(C)C)c1-c1ccc2c3ccc(O)cc3c3nc4ccccc4n3c2c1. The average Bonchev–Trinajstić information content (AvgIpc) is 3.23. The van der Waals surface area contributed by atoms with E-state index in [1.807, 2.05) is 18.2 Å². The van der Waals surface area contributed by atoms with E-state index in [2.05, 4.69) is 86.7 Å². The number of imidazole rings is 1. The van der Waals surface area contributed by atoms with Crippen molar-refractivity contribution in [3.05, 3.63) is 90.0 Å². The van der Waals surface area contributed by atoms with Gasteiger partial charge in [0.05, 0.1) is 16.6 Å². The standard InChI is InChI=1S/C31H28N2O/c1-18(2)22-8-7-9-23(19(3)4)30(22)20-12-14-25-24-15-13-21(34)17-26(24)31-32-27-10-5-6-11-28(27)33(31)29(25)16-20/h5-19,34H,1-4H3. The van der Waals surface area contributed by atoms with Gasteiger partial charge in [0, 0.05) is 10.8 Å². The summed E-state index contributed by atoms with van der Waals surface area (Å²) in [4.78, 5) is 4.98. The molecule has 0 saturated heterocycles. The Hall–Kier alpha value is -3.85. The van der Waals surface area contributed by atoms with Gasteiger partial charge in [0.15, 0.2) is 0 Å². The molecule has 3 heteroatoms. The molecule has 0 saturated carbocycles. The number of aromatic hydroxyl groups is 1. The van der Waals surface area contributed by atoms with E-state index in [4.69, 9.17) is 4.98 Å². The molecular formula is C31H28N2O. The number of phenols is 1. The molecule has 0 fully saturated rings. The Bertz CT molecular complexity index is 1700. The minimum Gasteiger partial charge on any atom is -0.508 e. The maximum atomic E-state index is 10.3. The van der Waals surface area contributed by atoms with Gasteiger partial charge in [-0.2, -0.15) is 0 Å². The number of phenolic OH excluding ortho intramolecular Hbond substituents is 1. The first-order chi connectivity index (χ1) is 16.4. The van der Waals surface area contributed by atoms with E-state index in [1.54, 1.807) is 6.07 Å². The molecule has 34 heavy (non-hydrogen) atoms. The monoisotopic (exact) mass is 444 g/mol. The Labute approximate surface area is 199 Å². The first-order valence-electron chi connectivity index (χ1n) is 12.0. The van der Waals surface area contributed by atoms with Crippen molar-refractivity contribution in [1.29, 1.82) is 0 Å². The molecule has 0 bridgehead atoms. The van der Waals surface area contributed by atoms with Crippen molar-refractivity contribution in [2.24, 2.45) is 0 Å². The zero-order valence-electron chi connectivity index (χ0n) is 20.0. The summed E-state index contributed by atoms with van der Waals surface area (Å²) in [6.45, 7) is 9.08. The summed E-state index contributed by atoms with van der Waals surface area (Å²) >= 11 is 0. The van der Waals surface area contributed by atoms with Crippen LogP contribution in [0.2, 0.25) is 0 Å². The minimum absolute atomic E-state index is 0.255. The number of nitrogens with zero attached hydrogens (tertiary/aromatic N) is 2. The molecular weight excluding hydrogens is 416 g/mol. The predicted molar refractivity (Wildman–Crippen MR) is 143 cm³/mol. The van der Waals surface area contributed by atoms with Crippen molar-refractivity contribution in [2.75, 3.05) is 0 Å². The lowest BCUT2D eigenvalue weighted by Gasteiger charge is -2.20. The van der Waals surface area contributed by atoms with Gasteiger partial charge in [-0.15, -0.1) is 0 Å². The topological polar surface area (TPSA) is 37.5 Å². The molecule has 168 valence electrons. The zero-order valence-corrected chi connectivity index (χ0v) is 20.0. The first-order valence-corrected chi connectivity index (χ1v) is 12.0. The highest BCUT2D eigenvalue weighted by Gasteiger charge is 2.18. The van der Waals surface area contributed by atoms with Crippen LogP contribution in [0.3, 0.4) is 0 Å². The number of fused-ring (bicyclic) bond motifs is 8. The Kier molecular flexibility index (Phi) is 4.63. The third-order valence-electron chi connectivity index (χ3n) is 7.00. The molecule has 0 aliphatic rings. The summed E-state index contributed by atoms with van der Waals surface area (Å²) in [5.74, 6) is 1.11. The summed E-state index contributed by atoms with van der Waals surface area (Å²) in [6.07, 6.45) is 0. The number of pyridine rings is 1. The second-order valence-corrected chi connectivity index (χ2v) is 9.84. The lowest BCUT2D eigenvalue weighted by Crippen LogP contribution is -2.00. The zero-order chi connectivity index (χ0) is 23.6. The number of hydrogen-bond acceptors (Lipinski definition) is 2. The van der Waals surface area contributed by atoms with E-state index >= 15 is 0 Å². The quantitative estimate of drug-likeness (QED) is 0.278. The number of benzene rings is 4. The highest BCUT2D eigenvalue weighted by atomic mass is 16.3. The third kappa shape index (κ3) is 3.00. The number of hydrogen-bond donors (Lipinski definition) is 1. The molecule has 0 atom stereocenters. The Balaban J connectivity index is 1.80. The molecule has 0 radical (unpaired) electrons. The lowest BCUT2D eigenvalue weighted by atomic mass is 9.84.